The van der Waals surface area contributed by atoms with Gasteiger partial charge in [0, 0.05) is 37.3 Å². The van der Waals surface area contributed by atoms with Crippen LogP contribution < -0.4 is 5.32 Å². The number of hydrogen-bond acceptors (Lipinski definition) is 4. The number of nitrogens with zero attached hydrogens (tertiary/aromatic N) is 2. The van der Waals surface area contributed by atoms with Crippen LogP contribution >= 0.6 is 0 Å². The van der Waals surface area contributed by atoms with Gasteiger partial charge < -0.3 is 14.6 Å². The number of aryl methyl sites for hydroxylation is 1. The quantitative estimate of drug-likeness (QED) is 0.872. The van der Waals surface area contributed by atoms with E-state index in [0.717, 1.165) is 36.7 Å². The van der Waals surface area contributed by atoms with Crippen molar-refractivity contribution in [3.8, 4) is 0 Å². The molecule has 1 aromatic heterocycles. The van der Waals surface area contributed by atoms with Gasteiger partial charge in [-0.05, 0) is 52.8 Å². The number of rotatable bonds is 6. The standard InChI is InChI=1S/C17H29N3O/c1-13-14(11-18-15-4-5-15)10-17(21-13)12-20-8-6-16(7-9-20)19(2)3/h10,15-16,18H,4-9,11-12H2,1-3H3. The van der Waals surface area contributed by atoms with Gasteiger partial charge in [0.25, 0.3) is 0 Å². The molecule has 2 heterocycles. The summed E-state index contributed by atoms with van der Waals surface area (Å²) in [7, 11) is 4.38. The topological polar surface area (TPSA) is 31.7 Å². The second-order valence-electron chi connectivity index (χ2n) is 6.92. The summed E-state index contributed by atoms with van der Waals surface area (Å²) < 4.78 is 5.95. The van der Waals surface area contributed by atoms with Crippen LogP contribution in [-0.2, 0) is 13.1 Å². The molecule has 1 saturated carbocycles. The van der Waals surface area contributed by atoms with E-state index in [-0.39, 0.29) is 0 Å². The molecule has 0 bridgehead atoms. The molecule has 0 aromatic carbocycles. The molecule has 118 valence electrons. The smallest absolute Gasteiger partial charge is 0.118 e. The minimum Gasteiger partial charge on any atom is -0.465 e. The molecule has 4 heteroatoms. The molecule has 0 spiro atoms. The van der Waals surface area contributed by atoms with Crippen molar-refractivity contribution in [2.75, 3.05) is 27.2 Å². The number of likely N-dealkylation sites (tertiary alicyclic amines) is 1. The summed E-state index contributed by atoms with van der Waals surface area (Å²) in [5.41, 5.74) is 1.33. The van der Waals surface area contributed by atoms with Crippen molar-refractivity contribution in [2.45, 2.75) is 57.8 Å². The van der Waals surface area contributed by atoms with E-state index in [9.17, 15) is 0 Å². The molecule has 21 heavy (non-hydrogen) atoms. The van der Waals surface area contributed by atoms with Crippen molar-refractivity contribution >= 4 is 0 Å². The highest BCUT2D eigenvalue weighted by Gasteiger charge is 2.23. The van der Waals surface area contributed by atoms with Gasteiger partial charge in [-0.3, -0.25) is 4.90 Å². The van der Waals surface area contributed by atoms with Crippen molar-refractivity contribution in [1.29, 1.82) is 0 Å². The fraction of sp³-hybridized carbons (Fsp3) is 0.765. The third-order valence-corrected chi connectivity index (χ3v) is 4.90. The fourth-order valence-electron chi connectivity index (χ4n) is 3.20. The molecule has 1 aliphatic heterocycles. The summed E-state index contributed by atoms with van der Waals surface area (Å²) in [6.07, 6.45) is 5.21. The van der Waals surface area contributed by atoms with Crippen molar-refractivity contribution in [3.05, 3.63) is 23.2 Å². The monoisotopic (exact) mass is 291 g/mol. The molecule has 1 saturated heterocycles. The maximum absolute atomic E-state index is 5.95. The Hall–Kier alpha value is -0.840. The Kier molecular flexibility index (Phi) is 4.67. The third kappa shape index (κ3) is 4.09. The SMILES string of the molecule is Cc1oc(CN2CCC(N(C)C)CC2)cc1CNC1CC1. The lowest BCUT2D eigenvalue weighted by Gasteiger charge is -2.34. The van der Waals surface area contributed by atoms with E-state index in [4.69, 9.17) is 4.42 Å². The van der Waals surface area contributed by atoms with E-state index in [1.807, 2.05) is 0 Å². The van der Waals surface area contributed by atoms with Crippen LogP contribution in [0.15, 0.2) is 10.5 Å². The Balaban J connectivity index is 1.49. The Morgan fingerprint density at radius 1 is 1.24 bits per heavy atom. The van der Waals surface area contributed by atoms with Crippen LogP contribution in [0.25, 0.3) is 0 Å². The highest BCUT2D eigenvalue weighted by atomic mass is 16.3. The second kappa shape index (κ2) is 6.51. The van der Waals surface area contributed by atoms with Crippen molar-refractivity contribution < 1.29 is 4.42 Å². The first-order valence-electron chi connectivity index (χ1n) is 8.32. The van der Waals surface area contributed by atoms with Gasteiger partial charge in [-0.2, -0.15) is 0 Å². The van der Waals surface area contributed by atoms with Gasteiger partial charge >= 0.3 is 0 Å². The third-order valence-electron chi connectivity index (χ3n) is 4.90. The number of nitrogens with one attached hydrogen (secondary N) is 1. The van der Waals surface area contributed by atoms with Crippen LogP contribution in [0.5, 0.6) is 0 Å². The molecule has 4 nitrogen and oxygen atoms in total. The van der Waals surface area contributed by atoms with Crippen LogP contribution in [0.1, 0.15) is 42.8 Å². The lowest BCUT2D eigenvalue weighted by molar-refractivity contribution is 0.133. The predicted octanol–water partition coefficient (Wildman–Crippen LogP) is 2.37. The highest BCUT2D eigenvalue weighted by Crippen LogP contribution is 2.22. The predicted molar refractivity (Wildman–Crippen MR) is 85.3 cm³/mol. The first-order valence-corrected chi connectivity index (χ1v) is 8.32. The van der Waals surface area contributed by atoms with Crippen LogP contribution in [0, 0.1) is 6.92 Å². The maximum Gasteiger partial charge on any atom is 0.118 e. The van der Waals surface area contributed by atoms with Crippen molar-refractivity contribution in [1.82, 2.24) is 15.1 Å². The summed E-state index contributed by atoms with van der Waals surface area (Å²) in [6.45, 7) is 6.37. The fourth-order valence-corrected chi connectivity index (χ4v) is 3.20. The summed E-state index contributed by atoms with van der Waals surface area (Å²) in [5, 5.41) is 3.57. The molecule has 3 rings (SSSR count). The molecule has 0 amide bonds. The van der Waals surface area contributed by atoms with Crippen molar-refractivity contribution in [3.63, 3.8) is 0 Å². The lowest BCUT2D eigenvalue weighted by Crippen LogP contribution is -2.41. The molecule has 2 aliphatic rings. The Labute approximate surface area is 128 Å². The average Bonchev–Trinajstić information content (AvgIpc) is 3.22. The number of hydrogen-bond donors (Lipinski definition) is 1. The zero-order valence-electron chi connectivity index (χ0n) is 13.7. The molecule has 0 atom stereocenters. The molecule has 1 aromatic rings. The largest absolute Gasteiger partial charge is 0.465 e. The van der Waals surface area contributed by atoms with E-state index in [1.54, 1.807) is 0 Å². The second-order valence-corrected chi connectivity index (χ2v) is 6.92. The molecule has 1 N–H and O–H groups in total. The van der Waals surface area contributed by atoms with Gasteiger partial charge in [0.15, 0.2) is 0 Å². The normalized spacial score (nSPS) is 21.3. The summed E-state index contributed by atoms with van der Waals surface area (Å²) >= 11 is 0. The number of furan rings is 1. The van der Waals surface area contributed by atoms with E-state index < -0.39 is 0 Å². The molecular formula is C17H29N3O. The van der Waals surface area contributed by atoms with E-state index in [1.165, 1.54) is 44.3 Å². The molecule has 0 unspecified atom stereocenters. The van der Waals surface area contributed by atoms with E-state index in [2.05, 4.69) is 42.2 Å². The first kappa shape index (κ1) is 15.1. The van der Waals surface area contributed by atoms with Gasteiger partial charge in [0.05, 0.1) is 6.54 Å². The Morgan fingerprint density at radius 2 is 1.95 bits per heavy atom. The van der Waals surface area contributed by atoms with E-state index in [0.29, 0.717) is 0 Å². The van der Waals surface area contributed by atoms with Gasteiger partial charge in [-0.1, -0.05) is 0 Å². The van der Waals surface area contributed by atoms with Crippen molar-refractivity contribution in [2.24, 2.45) is 0 Å². The molecule has 2 fully saturated rings. The Morgan fingerprint density at radius 3 is 2.57 bits per heavy atom. The lowest BCUT2D eigenvalue weighted by atomic mass is 10.0. The highest BCUT2D eigenvalue weighted by molar-refractivity contribution is 5.21. The van der Waals surface area contributed by atoms with Gasteiger partial charge in [0.2, 0.25) is 0 Å². The average molecular weight is 291 g/mol. The zero-order chi connectivity index (χ0) is 14.8. The van der Waals surface area contributed by atoms with Gasteiger partial charge in [0.1, 0.15) is 11.5 Å². The molecule has 1 aliphatic carbocycles. The number of piperidine rings is 1. The zero-order valence-corrected chi connectivity index (χ0v) is 13.7. The first-order chi connectivity index (χ1) is 10.1. The Bertz CT molecular complexity index is 457. The maximum atomic E-state index is 5.95. The van der Waals surface area contributed by atoms with Gasteiger partial charge in [-0.25, -0.2) is 0 Å². The minimum atomic E-state index is 0.748. The van der Waals surface area contributed by atoms with E-state index >= 15 is 0 Å². The van der Waals surface area contributed by atoms with Crippen LogP contribution in [-0.4, -0.2) is 49.1 Å². The summed E-state index contributed by atoms with van der Waals surface area (Å²) in [6, 6.07) is 3.76. The minimum absolute atomic E-state index is 0.748. The van der Waals surface area contributed by atoms with Gasteiger partial charge in [-0.15, -0.1) is 0 Å². The van der Waals surface area contributed by atoms with Crippen LogP contribution in [0.4, 0.5) is 0 Å². The van der Waals surface area contributed by atoms with Crippen LogP contribution in [0.3, 0.4) is 0 Å². The molecule has 0 radical (unpaired) electrons. The molecular weight excluding hydrogens is 262 g/mol. The summed E-state index contributed by atoms with van der Waals surface area (Å²) in [4.78, 5) is 4.88. The van der Waals surface area contributed by atoms with Crippen LogP contribution in [0.2, 0.25) is 0 Å². The summed E-state index contributed by atoms with van der Waals surface area (Å²) in [5.74, 6) is 2.21.